The molecule has 0 bridgehead atoms. The molecule has 0 aromatic rings. The van der Waals surface area contributed by atoms with Gasteiger partial charge in [-0.25, -0.2) is 0 Å². The van der Waals surface area contributed by atoms with Crippen molar-refractivity contribution in [2.24, 2.45) is 11.3 Å². The molecule has 0 aromatic carbocycles. The lowest BCUT2D eigenvalue weighted by Gasteiger charge is -2.38. The maximum Gasteiger partial charge on any atom is 0.302 e. The van der Waals surface area contributed by atoms with Crippen molar-refractivity contribution in [1.29, 1.82) is 0 Å². The van der Waals surface area contributed by atoms with Gasteiger partial charge in [-0.3, -0.25) is 4.79 Å². The molecule has 0 aliphatic heterocycles. The minimum Gasteiger partial charge on any atom is -0.461 e. The fourth-order valence-electron chi connectivity index (χ4n) is 2.90. The number of hydrogen-bond donors (Lipinski definition) is 0. The van der Waals surface area contributed by atoms with Crippen LogP contribution in [0.5, 0.6) is 0 Å². The molecule has 0 saturated carbocycles. The van der Waals surface area contributed by atoms with Crippen LogP contribution in [-0.2, 0) is 14.3 Å². The van der Waals surface area contributed by atoms with E-state index in [-0.39, 0.29) is 18.0 Å². The first-order valence-corrected chi connectivity index (χ1v) is 7.28. The fraction of sp³-hybridized carbons (Fsp3) is 0.647. The van der Waals surface area contributed by atoms with Crippen molar-refractivity contribution in [3.63, 3.8) is 0 Å². The van der Waals surface area contributed by atoms with E-state index < -0.39 is 0 Å². The number of carbonyl (C=O) groups excluding carboxylic acids is 2. The zero-order valence-electron chi connectivity index (χ0n) is 13.1. The molecule has 1 atom stereocenters. The lowest BCUT2D eigenvalue weighted by molar-refractivity contribution is -0.140. The number of hydrogen-bond acceptors (Lipinski definition) is 3. The highest BCUT2D eigenvalue weighted by Crippen LogP contribution is 2.43. The summed E-state index contributed by atoms with van der Waals surface area (Å²) in [5, 5.41) is 0. The molecular formula is C17H26O3. The van der Waals surface area contributed by atoms with Crippen molar-refractivity contribution in [1.82, 2.24) is 0 Å². The van der Waals surface area contributed by atoms with Crippen LogP contribution in [0.25, 0.3) is 0 Å². The molecule has 0 N–H and O–H groups in total. The molecule has 0 radical (unpaired) electrons. The van der Waals surface area contributed by atoms with Crippen LogP contribution in [0.3, 0.4) is 0 Å². The fourth-order valence-corrected chi connectivity index (χ4v) is 2.90. The van der Waals surface area contributed by atoms with Gasteiger partial charge in [0.25, 0.3) is 0 Å². The third-order valence-electron chi connectivity index (χ3n) is 4.20. The summed E-state index contributed by atoms with van der Waals surface area (Å²) in [6.07, 6.45) is 8.83. The van der Waals surface area contributed by atoms with Crippen molar-refractivity contribution in [3.8, 4) is 0 Å². The zero-order chi connectivity index (χ0) is 15.2. The van der Waals surface area contributed by atoms with Crippen molar-refractivity contribution in [2.45, 2.75) is 53.4 Å². The first-order valence-electron chi connectivity index (χ1n) is 7.28. The second-order valence-corrected chi connectivity index (χ2v) is 6.28. The van der Waals surface area contributed by atoms with Gasteiger partial charge in [-0.1, -0.05) is 31.6 Å². The van der Waals surface area contributed by atoms with E-state index in [4.69, 9.17) is 4.74 Å². The topological polar surface area (TPSA) is 43.4 Å². The molecule has 1 aliphatic carbocycles. The van der Waals surface area contributed by atoms with E-state index in [0.717, 1.165) is 24.7 Å². The van der Waals surface area contributed by atoms with Crippen LogP contribution in [0.2, 0.25) is 0 Å². The third-order valence-corrected chi connectivity index (χ3v) is 4.20. The van der Waals surface area contributed by atoms with Crippen LogP contribution in [-0.4, -0.2) is 18.9 Å². The van der Waals surface area contributed by atoms with Gasteiger partial charge >= 0.3 is 5.97 Å². The van der Waals surface area contributed by atoms with E-state index in [1.807, 2.05) is 0 Å². The second-order valence-electron chi connectivity index (χ2n) is 6.28. The Morgan fingerprint density at radius 1 is 1.50 bits per heavy atom. The van der Waals surface area contributed by atoms with Crippen molar-refractivity contribution in [2.75, 3.05) is 6.61 Å². The molecule has 1 aliphatic rings. The van der Waals surface area contributed by atoms with E-state index in [9.17, 15) is 9.59 Å². The Bertz CT molecular complexity index is 416. The standard InChI is InChI=1S/C17H26O3/c1-13-6-5-10-17(3,4)16(13)8-7-15(9-11-18)12-20-14(2)19/h6-7,11,16H,5,8-10,12H2,1-4H3. The summed E-state index contributed by atoms with van der Waals surface area (Å²) in [5.74, 6) is 0.186. The average Bonchev–Trinajstić information content (AvgIpc) is 2.34. The lowest BCUT2D eigenvalue weighted by atomic mass is 9.67. The summed E-state index contributed by atoms with van der Waals surface area (Å²) >= 11 is 0. The SMILES string of the molecule is CC(=O)OCC(=CCC1C(C)=CCCC1(C)C)CC=O. The predicted molar refractivity (Wildman–Crippen MR) is 80.3 cm³/mol. The molecule has 0 fully saturated rings. The zero-order valence-corrected chi connectivity index (χ0v) is 13.1. The summed E-state index contributed by atoms with van der Waals surface area (Å²) in [4.78, 5) is 21.6. The molecule has 1 unspecified atom stereocenters. The summed E-state index contributed by atoms with van der Waals surface area (Å²) in [6, 6.07) is 0. The summed E-state index contributed by atoms with van der Waals surface area (Å²) in [5.41, 5.74) is 2.60. The van der Waals surface area contributed by atoms with Crippen molar-refractivity contribution < 1.29 is 14.3 Å². The molecule has 0 aromatic heterocycles. The van der Waals surface area contributed by atoms with Crippen LogP contribution < -0.4 is 0 Å². The van der Waals surface area contributed by atoms with Crippen molar-refractivity contribution in [3.05, 3.63) is 23.3 Å². The molecule has 112 valence electrons. The smallest absolute Gasteiger partial charge is 0.302 e. The monoisotopic (exact) mass is 278 g/mol. The number of rotatable bonds is 6. The molecule has 3 nitrogen and oxygen atoms in total. The van der Waals surface area contributed by atoms with Gasteiger partial charge in [-0.2, -0.15) is 0 Å². The highest BCUT2D eigenvalue weighted by atomic mass is 16.5. The first kappa shape index (κ1) is 16.7. The van der Waals surface area contributed by atoms with Gasteiger partial charge in [0.05, 0.1) is 0 Å². The van der Waals surface area contributed by atoms with E-state index in [0.29, 0.717) is 12.3 Å². The van der Waals surface area contributed by atoms with Gasteiger partial charge in [0.15, 0.2) is 0 Å². The van der Waals surface area contributed by atoms with Crippen molar-refractivity contribution >= 4 is 12.3 Å². The van der Waals surface area contributed by atoms with Gasteiger partial charge in [0, 0.05) is 13.3 Å². The Balaban J connectivity index is 2.74. The Kier molecular flexibility index (Phi) is 6.18. The first-order chi connectivity index (χ1) is 9.36. The van der Waals surface area contributed by atoms with E-state index >= 15 is 0 Å². The Labute approximate surface area is 122 Å². The molecule has 1 rings (SSSR count). The highest BCUT2D eigenvalue weighted by molar-refractivity contribution is 5.66. The second kappa shape index (κ2) is 7.41. The van der Waals surface area contributed by atoms with Crippen LogP contribution in [0.15, 0.2) is 23.3 Å². The quantitative estimate of drug-likeness (QED) is 0.421. The summed E-state index contributed by atoms with van der Waals surface area (Å²) in [7, 11) is 0. The molecule has 0 saturated heterocycles. The summed E-state index contributed by atoms with van der Waals surface area (Å²) < 4.78 is 4.99. The molecule has 0 heterocycles. The van der Waals surface area contributed by atoms with Gasteiger partial charge in [0.2, 0.25) is 0 Å². The molecular weight excluding hydrogens is 252 g/mol. The Morgan fingerprint density at radius 2 is 2.20 bits per heavy atom. The van der Waals surface area contributed by atoms with E-state index in [2.05, 4.69) is 32.9 Å². The highest BCUT2D eigenvalue weighted by Gasteiger charge is 2.31. The third kappa shape index (κ3) is 4.95. The molecule has 0 amide bonds. The predicted octanol–water partition coefficient (Wildman–Crippen LogP) is 3.84. The Morgan fingerprint density at radius 3 is 2.75 bits per heavy atom. The number of ether oxygens (including phenoxy) is 1. The van der Waals surface area contributed by atoms with Crippen LogP contribution >= 0.6 is 0 Å². The van der Waals surface area contributed by atoms with Gasteiger partial charge in [-0.05, 0) is 43.1 Å². The van der Waals surface area contributed by atoms with Gasteiger partial charge < -0.3 is 9.53 Å². The van der Waals surface area contributed by atoms with Crippen LogP contribution in [0.1, 0.15) is 53.4 Å². The van der Waals surface area contributed by atoms with Gasteiger partial charge in [0.1, 0.15) is 12.9 Å². The number of carbonyl (C=O) groups is 2. The number of allylic oxidation sites excluding steroid dienone is 3. The van der Waals surface area contributed by atoms with Crippen LogP contribution in [0, 0.1) is 11.3 Å². The average molecular weight is 278 g/mol. The van der Waals surface area contributed by atoms with E-state index in [1.165, 1.54) is 18.9 Å². The minimum absolute atomic E-state index is 0.226. The largest absolute Gasteiger partial charge is 0.461 e. The lowest BCUT2D eigenvalue weighted by Crippen LogP contribution is -2.27. The Hall–Kier alpha value is -1.38. The molecule has 0 spiro atoms. The number of aldehydes is 1. The summed E-state index contributed by atoms with van der Waals surface area (Å²) in [6.45, 7) is 8.39. The number of esters is 1. The molecule has 20 heavy (non-hydrogen) atoms. The normalized spacial score (nSPS) is 22.1. The maximum atomic E-state index is 10.9. The van der Waals surface area contributed by atoms with Crippen LogP contribution in [0.4, 0.5) is 0 Å². The maximum absolute atomic E-state index is 10.9. The minimum atomic E-state index is -0.309. The van der Waals surface area contributed by atoms with Gasteiger partial charge in [-0.15, -0.1) is 0 Å². The van der Waals surface area contributed by atoms with E-state index in [1.54, 1.807) is 0 Å². The molecule has 3 heteroatoms.